The fourth-order valence-corrected chi connectivity index (χ4v) is 4.61. The third-order valence-corrected chi connectivity index (χ3v) is 6.54. The van der Waals surface area contributed by atoms with Crippen molar-refractivity contribution in [3.05, 3.63) is 101 Å². The molecule has 8 nitrogen and oxygen atoms in total. The molecule has 34 heavy (non-hydrogen) atoms. The number of rotatable bonds is 8. The highest BCUT2D eigenvalue weighted by molar-refractivity contribution is 7.92. The first-order valence-corrected chi connectivity index (χ1v) is 12.0. The third-order valence-electron chi connectivity index (χ3n) is 4.89. The van der Waals surface area contributed by atoms with E-state index in [0.717, 1.165) is 5.56 Å². The number of nitrogens with one attached hydrogen (secondary N) is 2. The first kappa shape index (κ1) is 23.3. The Morgan fingerprint density at radius 2 is 1.74 bits per heavy atom. The van der Waals surface area contributed by atoms with Gasteiger partial charge in [-0.05, 0) is 48.0 Å². The van der Waals surface area contributed by atoms with Gasteiger partial charge in [-0.3, -0.25) is 14.2 Å². The maximum atomic E-state index is 13.0. The van der Waals surface area contributed by atoms with Crippen molar-refractivity contribution in [2.45, 2.75) is 11.4 Å². The molecule has 0 unspecified atom stereocenters. The molecule has 0 saturated heterocycles. The number of hydrogen-bond donors (Lipinski definition) is 2. The Hall–Kier alpha value is -3.82. The molecule has 0 radical (unpaired) electrons. The highest BCUT2D eigenvalue weighted by Crippen LogP contribution is 2.29. The van der Waals surface area contributed by atoms with E-state index in [9.17, 15) is 13.2 Å². The van der Waals surface area contributed by atoms with Crippen LogP contribution in [0.15, 0.2) is 90.1 Å². The fraction of sp³-hybridized carbons (Fsp3) is 0.0833. The van der Waals surface area contributed by atoms with Gasteiger partial charge in [0.1, 0.15) is 10.6 Å². The van der Waals surface area contributed by atoms with Gasteiger partial charge in [-0.2, -0.15) is 5.10 Å². The van der Waals surface area contributed by atoms with Gasteiger partial charge in [0.15, 0.2) is 0 Å². The lowest BCUT2D eigenvalue weighted by Crippen LogP contribution is -2.16. The number of carbonyl (C=O) groups excluding carboxylic acids is 1. The van der Waals surface area contributed by atoms with Gasteiger partial charge in [-0.25, -0.2) is 8.42 Å². The third kappa shape index (κ3) is 5.56. The van der Waals surface area contributed by atoms with Crippen LogP contribution in [-0.4, -0.2) is 31.2 Å². The lowest BCUT2D eigenvalue weighted by Gasteiger charge is -2.13. The zero-order valence-electron chi connectivity index (χ0n) is 18.1. The minimum atomic E-state index is -4.01. The summed E-state index contributed by atoms with van der Waals surface area (Å²) in [5, 5.41) is 7.43. The summed E-state index contributed by atoms with van der Waals surface area (Å²) in [6, 6.07) is 20.4. The Bertz CT molecular complexity index is 1400. The van der Waals surface area contributed by atoms with Crippen LogP contribution >= 0.6 is 11.6 Å². The van der Waals surface area contributed by atoms with Crippen LogP contribution in [0.4, 0.5) is 11.4 Å². The Balaban J connectivity index is 1.52. The molecule has 1 amide bonds. The Kier molecular flexibility index (Phi) is 6.85. The molecule has 1 heterocycles. The predicted molar refractivity (Wildman–Crippen MR) is 131 cm³/mol. The van der Waals surface area contributed by atoms with E-state index in [1.54, 1.807) is 41.2 Å². The van der Waals surface area contributed by atoms with Crippen molar-refractivity contribution in [3.63, 3.8) is 0 Å². The highest BCUT2D eigenvalue weighted by Gasteiger charge is 2.21. The SMILES string of the molecule is COc1ccc(NC(=O)c2cnn(Cc3ccccc3)c2)cc1S(=O)(=O)Nc1ccc(Cl)cc1. The summed E-state index contributed by atoms with van der Waals surface area (Å²) in [6.45, 7) is 0.523. The Labute approximate surface area is 202 Å². The molecule has 10 heteroatoms. The van der Waals surface area contributed by atoms with Crippen LogP contribution in [0.5, 0.6) is 5.75 Å². The second-order valence-electron chi connectivity index (χ2n) is 7.34. The van der Waals surface area contributed by atoms with E-state index in [1.807, 2.05) is 30.3 Å². The molecule has 0 saturated carbocycles. The zero-order valence-corrected chi connectivity index (χ0v) is 19.7. The van der Waals surface area contributed by atoms with Gasteiger partial charge in [0.25, 0.3) is 15.9 Å². The summed E-state index contributed by atoms with van der Waals surface area (Å²) in [7, 11) is -2.64. The summed E-state index contributed by atoms with van der Waals surface area (Å²) in [6.07, 6.45) is 3.09. The van der Waals surface area contributed by atoms with Crippen LogP contribution in [0, 0.1) is 0 Å². The van der Waals surface area contributed by atoms with Crippen molar-refractivity contribution in [3.8, 4) is 5.75 Å². The second-order valence-corrected chi connectivity index (χ2v) is 9.43. The number of anilines is 2. The minimum Gasteiger partial charge on any atom is -0.495 e. The summed E-state index contributed by atoms with van der Waals surface area (Å²) in [5.74, 6) is -0.284. The van der Waals surface area contributed by atoms with Crippen LogP contribution < -0.4 is 14.8 Å². The van der Waals surface area contributed by atoms with E-state index in [2.05, 4.69) is 15.1 Å². The number of sulfonamides is 1. The number of amides is 1. The molecular formula is C24H21ClN4O4S. The van der Waals surface area contributed by atoms with Crippen molar-refractivity contribution in [2.75, 3.05) is 17.1 Å². The van der Waals surface area contributed by atoms with Crippen molar-refractivity contribution >= 4 is 38.9 Å². The van der Waals surface area contributed by atoms with E-state index in [0.29, 0.717) is 22.8 Å². The van der Waals surface area contributed by atoms with E-state index in [4.69, 9.17) is 16.3 Å². The maximum Gasteiger partial charge on any atom is 0.265 e. The number of nitrogens with zero attached hydrogens (tertiary/aromatic N) is 2. The normalized spacial score (nSPS) is 11.1. The van der Waals surface area contributed by atoms with Crippen molar-refractivity contribution in [1.82, 2.24) is 9.78 Å². The van der Waals surface area contributed by atoms with Crippen LogP contribution in [0.3, 0.4) is 0 Å². The number of carbonyl (C=O) groups is 1. The Morgan fingerprint density at radius 1 is 1.03 bits per heavy atom. The summed E-state index contributed by atoms with van der Waals surface area (Å²) < 4.78 is 35.4. The lowest BCUT2D eigenvalue weighted by molar-refractivity contribution is 0.102. The molecule has 174 valence electrons. The van der Waals surface area contributed by atoms with Crippen LogP contribution in [0.1, 0.15) is 15.9 Å². The number of hydrogen-bond acceptors (Lipinski definition) is 5. The maximum absolute atomic E-state index is 13.0. The molecule has 4 aromatic rings. The monoisotopic (exact) mass is 496 g/mol. The molecule has 0 fully saturated rings. The van der Waals surface area contributed by atoms with E-state index < -0.39 is 15.9 Å². The Morgan fingerprint density at radius 3 is 2.44 bits per heavy atom. The molecule has 0 atom stereocenters. The summed E-state index contributed by atoms with van der Waals surface area (Å²) in [5.41, 5.74) is 2.02. The molecule has 0 aliphatic rings. The second kappa shape index (κ2) is 9.98. The van der Waals surface area contributed by atoms with Gasteiger partial charge in [0.2, 0.25) is 0 Å². The van der Waals surface area contributed by atoms with Gasteiger partial charge in [-0.15, -0.1) is 0 Å². The van der Waals surface area contributed by atoms with Gasteiger partial charge >= 0.3 is 0 Å². The van der Waals surface area contributed by atoms with Gasteiger partial charge in [-0.1, -0.05) is 41.9 Å². The standard InChI is InChI=1S/C24H21ClN4O4S/c1-33-22-12-11-21(13-23(22)34(31,32)28-20-9-7-19(25)8-10-20)27-24(30)18-14-26-29(16-18)15-17-5-3-2-4-6-17/h2-14,16,28H,15H2,1H3,(H,27,30). The number of methoxy groups -OCH3 is 1. The lowest BCUT2D eigenvalue weighted by atomic mass is 10.2. The number of halogens is 1. The molecule has 2 N–H and O–H groups in total. The van der Waals surface area contributed by atoms with Gasteiger partial charge in [0, 0.05) is 22.6 Å². The number of aromatic nitrogens is 2. The van der Waals surface area contributed by atoms with E-state index >= 15 is 0 Å². The average Bonchev–Trinajstić information content (AvgIpc) is 3.30. The number of ether oxygens (including phenoxy) is 1. The molecule has 1 aromatic heterocycles. The highest BCUT2D eigenvalue weighted by atomic mass is 35.5. The first-order valence-electron chi connectivity index (χ1n) is 10.2. The molecule has 0 aliphatic heterocycles. The van der Waals surface area contributed by atoms with E-state index in [1.165, 1.54) is 25.4 Å². The topological polar surface area (TPSA) is 102 Å². The zero-order chi connectivity index (χ0) is 24.1. The summed E-state index contributed by atoms with van der Waals surface area (Å²) in [4.78, 5) is 12.6. The smallest absolute Gasteiger partial charge is 0.265 e. The fourth-order valence-electron chi connectivity index (χ4n) is 3.23. The molecule has 0 bridgehead atoms. The molecular weight excluding hydrogens is 476 g/mol. The molecule has 4 rings (SSSR count). The largest absolute Gasteiger partial charge is 0.495 e. The van der Waals surface area contributed by atoms with Crippen LogP contribution in [0.2, 0.25) is 5.02 Å². The van der Waals surface area contributed by atoms with Crippen molar-refractivity contribution < 1.29 is 17.9 Å². The quantitative estimate of drug-likeness (QED) is 0.370. The van der Waals surface area contributed by atoms with Gasteiger partial charge < -0.3 is 10.1 Å². The number of benzene rings is 3. The van der Waals surface area contributed by atoms with Crippen LogP contribution in [0.25, 0.3) is 0 Å². The predicted octanol–water partition coefficient (Wildman–Crippen LogP) is 4.65. The van der Waals surface area contributed by atoms with Crippen molar-refractivity contribution in [1.29, 1.82) is 0 Å². The van der Waals surface area contributed by atoms with E-state index in [-0.39, 0.29) is 16.3 Å². The average molecular weight is 497 g/mol. The molecule has 3 aromatic carbocycles. The summed E-state index contributed by atoms with van der Waals surface area (Å²) >= 11 is 5.87. The molecule has 0 spiro atoms. The minimum absolute atomic E-state index is 0.123. The molecule has 0 aliphatic carbocycles. The van der Waals surface area contributed by atoms with Crippen LogP contribution in [-0.2, 0) is 16.6 Å². The van der Waals surface area contributed by atoms with Crippen molar-refractivity contribution in [2.24, 2.45) is 0 Å². The first-order chi connectivity index (χ1) is 16.3. The van der Waals surface area contributed by atoms with Gasteiger partial charge in [0.05, 0.1) is 25.4 Å².